The number of rotatable bonds is 4. The number of nitrogens with zero attached hydrogens (tertiary/aromatic N) is 2. The second kappa shape index (κ2) is 7.94. The Morgan fingerprint density at radius 3 is 2.71 bits per heavy atom. The summed E-state index contributed by atoms with van der Waals surface area (Å²) in [7, 11) is 2.11. The molecular weight excluding hydrogens is 304 g/mol. The molecule has 7 heteroatoms. The van der Waals surface area contributed by atoms with Crippen molar-refractivity contribution in [3.63, 3.8) is 0 Å². The third-order valence-corrected chi connectivity index (χ3v) is 4.77. The van der Waals surface area contributed by atoms with Crippen LogP contribution in [0.25, 0.3) is 0 Å². The van der Waals surface area contributed by atoms with E-state index in [-0.39, 0.29) is 18.1 Å². The van der Waals surface area contributed by atoms with E-state index in [2.05, 4.69) is 64.8 Å². The van der Waals surface area contributed by atoms with E-state index in [1.54, 1.807) is 0 Å². The molecule has 0 bridgehead atoms. The minimum absolute atomic E-state index is 0.130. The van der Waals surface area contributed by atoms with Crippen molar-refractivity contribution < 1.29 is 4.79 Å². The highest BCUT2D eigenvalue weighted by molar-refractivity contribution is 5.83. The Kier molecular flexibility index (Phi) is 5.68. The molecule has 0 radical (unpaired) electrons. The number of hydrazine groups is 2. The predicted octanol–water partition coefficient (Wildman–Crippen LogP) is 0.132. The van der Waals surface area contributed by atoms with Crippen LogP contribution in [0.4, 0.5) is 5.69 Å². The van der Waals surface area contributed by atoms with Crippen LogP contribution in [0.1, 0.15) is 18.9 Å². The van der Waals surface area contributed by atoms with Crippen LogP contribution in [0.2, 0.25) is 0 Å². The Labute approximate surface area is 143 Å². The molecule has 0 aliphatic carbocycles. The van der Waals surface area contributed by atoms with Crippen LogP contribution in [-0.4, -0.2) is 61.1 Å². The highest BCUT2D eigenvalue weighted by Crippen LogP contribution is 2.14. The van der Waals surface area contributed by atoms with Gasteiger partial charge in [-0.2, -0.15) is 5.53 Å². The van der Waals surface area contributed by atoms with Crippen LogP contribution < -0.4 is 21.7 Å². The van der Waals surface area contributed by atoms with Crippen molar-refractivity contribution in [2.24, 2.45) is 0 Å². The molecule has 1 aromatic rings. The summed E-state index contributed by atoms with van der Waals surface area (Å²) >= 11 is 0. The highest BCUT2D eigenvalue weighted by Gasteiger charge is 2.35. The van der Waals surface area contributed by atoms with Gasteiger partial charge in [0.25, 0.3) is 0 Å². The summed E-state index contributed by atoms with van der Waals surface area (Å²) in [6, 6.07) is 8.00. The van der Waals surface area contributed by atoms with Gasteiger partial charge in [0, 0.05) is 25.3 Å². The molecule has 2 aliphatic heterocycles. The van der Waals surface area contributed by atoms with Crippen molar-refractivity contribution in [1.82, 2.24) is 26.2 Å². The smallest absolute Gasteiger partial charge is 0.244 e. The first-order valence-corrected chi connectivity index (χ1v) is 8.76. The maximum Gasteiger partial charge on any atom is 0.244 e. The molecule has 1 amide bonds. The van der Waals surface area contributed by atoms with Gasteiger partial charge >= 0.3 is 0 Å². The second-order valence-corrected chi connectivity index (χ2v) is 6.55. The van der Waals surface area contributed by atoms with Gasteiger partial charge in [-0.15, -0.1) is 0 Å². The first kappa shape index (κ1) is 17.2. The van der Waals surface area contributed by atoms with Crippen molar-refractivity contribution in [2.75, 3.05) is 38.5 Å². The van der Waals surface area contributed by atoms with E-state index in [0.717, 1.165) is 44.7 Å². The van der Waals surface area contributed by atoms with E-state index in [1.165, 1.54) is 5.56 Å². The Morgan fingerprint density at radius 1 is 1.17 bits per heavy atom. The van der Waals surface area contributed by atoms with Crippen LogP contribution in [0.3, 0.4) is 0 Å². The van der Waals surface area contributed by atoms with Gasteiger partial charge < -0.3 is 15.1 Å². The molecule has 3 rings (SSSR count). The largest absolute Gasteiger partial charge is 0.367 e. The van der Waals surface area contributed by atoms with Gasteiger partial charge in [0.15, 0.2) is 0 Å². The van der Waals surface area contributed by atoms with Gasteiger partial charge in [0.05, 0.1) is 0 Å². The molecule has 1 aromatic carbocycles. The number of benzene rings is 1. The zero-order valence-corrected chi connectivity index (χ0v) is 14.5. The first-order valence-electron chi connectivity index (χ1n) is 8.76. The summed E-state index contributed by atoms with van der Waals surface area (Å²) in [5.41, 5.74) is 11.3. The lowest BCUT2D eigenvalue weighted by Crippen LogP contribution is -2.52. The van der Waals surface area contributed by atoms with E-state index in [0.29, 0.717) is 0 Å². The second-order valence-electron chi connectivity index (χ2n) is 6.55. The third-order valence-electron chi connectivity index (χ3n) is 4.77. The van der Waals surface area contributed by atoms with Gasteiger partial charge in [0.1, 0.15) is 12.2 Å². The zero-order chi connectivity index (χ0) is 16.9. The Morgan fingerprint density at radius 2 is 1.96 bits per heavy atom. The molecule has 0 aromatic heterocycles. The molecule has 2 aliphatic rings. The molecule has 2 heterocycles. The molecule has 4 N–H and O–H groups in total. The van der Waals surface area contributed by atoms with Gasteiger partial charge in [-0.1, -0.05) is 19.1 Å². The van der Waals surface area contributed by atoms with E-state index >= 15 is 0 Å². The van der Waals surface area contributed by atoms with E-state index in [4.69, 9.17) is 0 Å². The van der Waals surface area contributed by atoms with Crippen LogP contribution >= 0.6 is 0 Å². The normalized spacial score (nSPS) is 25.5. The lowest BCUT2D eigenvalue weighted by molar-refractivity contribution is -0.133. The number of amides is 1. The molecular formula is C17H28N6O. The molecule has 2 atom stereocenters. The summed E-state index contributed by atoms with van der Waals surface area (Å²) in [5, 5.41) is 3.39. The van der Waals surface area contributed by atoms with Crippen LogP contribution in [0.5, 0.6) is 0 Å². The van der Waals surface area contributed by atoms with E-state index < -0.39 is 0 Å². The minimum atomic E-state index is -0.334. The lowest BCUT2D eigenvalue weighted by atomic mass is 10.1. The Hall–Kier alpha value is -1.67. The van der Waals surface area contributed by atoms with Gasteiger partial charge in [-0.3, -0.25) is 4.79 Å². The number of hydrogen-bond acceptors (Lipinski definition) is 6. The molecule has 0 saturated carbocycles. The average molecular weight is 332 g/mol. The van der Waals surface area contributed by atoms with Crippen LogP contribution in [0.15, 0.2) is 24.3 Å². The van der Waals surface area contributed by atoms with Gasteiger partial charge in [0.2, 0.25) is 5.91 Å². The maximum absolute atomic E-state index is 12.9. The fourth-order valence-electron chi connectivity index (χ4n) is 3.17. The van der Waals surface area contributed by atoms with Crippen molar-refractivity contribution in [3.8, 4) is 0 Å². The predicted molar refractivity (Wildman–Crippen MR) is 95.1 cm³/mol. The van der Waals surface area contributed by atoms with E-state index in [1.807, 2.05) is 4.90 Å². The summed E-state index contributed by atoms with van der Waals surface area (Å²) in [5.74, 6) is 0.130. The van der Waals surface area contributed by atoms with Crippen molar-refractivity contribution >= 4 is 11.6 Å². The molecule has 7 nitrogen and oxygen atoms in total. The number of anilines is 1. The summed E-state index contributed by atoms with van der Waals surface area (Å²) in [6.45, 7) is 5.71. The molecule has 24 heavy (non-hydrogen) atoms. The quantitative estimate of drug-likeness (QED) is 0.628. The molecule has 132 valence electrons. The van der Waals surface area contributed by atoms with E-state index in [9.17, 15) is 4.79 Å². The number of carbonyl (C=O) groups is 1. The molecule has 0 spiro atoms. The number of hydrogen-bond donors (Lipinski definition) is 4. The standard InChI is InChI=1S/C17H28N6O/c1-3-13-5-7-14(8-6-13)18-16-15(19-21-20-16)17(24)23-10-4-9-22(2)11-12-23/h5-8,15-16,18-21H,3-4,9-12H2,1-2H3. The summed E-state index contributed by atoms with van der Waals surface area (Å²) < 4.78 is 0. The first-order chi connectivity index (χ1) is 11.7. The van der Waals surface area contributed by atoms with Crippen molar-refractivity contribution in [3.05, 3.63) is 29.8 Å². The topological polar surface area (TPSA) is 71.7 Å². The van der Waals surface area contributed by atoms with Gasteiger partial charge in [-0.05, 0) is 44.1 Å². The van der Waals surface area contributed by atoms with Gasteiger partial charge in [-0.25, -0.2) is 10.9 Å². The van der Waals surface area contributed by atoms with Crippen molar-refractivity contribution in [2.45, 2.75) is 32.0 Å². The number of aryl methyl sites for hydroxylation is 1. The summed E-state index contributed by atoms with van der Waals surface area (Å²) in [6.07, 6.45) is 1.85. The molecule has 2 fully saturated rings. The zero-order valence-electron chi connectivity index (χ0n) is 14.5. The van der Waals surface area contributed by atoms with Crippen molar-refractivity contribution in [1.29, 1.82) is 0 Å². The fourth-order valence-corrected chi connectivity index (χ4v) is 3.17. The summed E-state index contributed by atoms with van der Waals surface area (Å²) in [4.78, 5) is 17.1. The highest BCUT2D eigenvalue weighted by atomic mass is 16.2. The molecule has 2 saturated heterocycles. The van der Waals surface area contributed by atoms with Crippen LogP contribution in [0, 0.1) is 0 Å². The number of carbonyl (C=O) groups excluding carboxylic acids is 1. The monoisotopic (exact) mass is 332 g/mol. The molecule has 2 unspecified atom stereocenters. The average Bonchev–Trinajstić information content (AvgIpc) is 2.95. The number of nitrogens with one attached hydrogen (secondary N) is 4. The minimum Gasteiger partial charge on any atom is -0.367 e. The Balaban J connectivity index is 1.62. The number of likely N-dealkylation sites (N-methyl/N-ethyl adjacent to an activating group) is 1. The maximum atomic E-state index is 12.9. The third kappa shape index (κ3) is 4.05. The van der Waals surface area contributed by atoms with Crippen LogP contribution in [-0.2, 0) is 11.2 Å². The lowest BCUT2D eigenvalue weighted by Gasteiger charge is -2.27. The SMILES string of the molecule is CCc1ccc(NC2NNNC2C(=O)N2CCCN(C)CC2)cc1. The fraction of sp³-hybridized carbons (Fsp3) is 0.588. The Bertz CT molecular complexity index is 549.